The highest BCUT2D eigenvalue weighted by Gasteiger charge is 2.39. The number of alkyl halides is 2. The molecular formula is C22H24F5N3O. The number of benzene rings is 2. The second kappa shape index (κ2) is 9.74. The summed E-state index contributed by atoms with van der Waals surface area (Å²) in [4.78, 5) is 14.1. The fourth-order valence-electron chi connectivity index (χ4n) is 3.71. The maximum absolute atomic E-state index is 13.8. The van der Waals surface area contributed by atoms with Crippen LogP contribution in [0.4, 0.5) is 22.0 Å². The Kier molecular flexibility index (Phi) is 7.27. The molecule has 2 aromatic rings. The maximum Gasteiger partial charge on any atom is 0.261 e. The van der Waals surface area contributed by atoms with Gasteiger partial charge in [0, 0.05) is 38.0 Å². The van der Waals surface area contributed by atoms with E-state index in [2.05, 4.69) is 5.32 Å². The van der Waals surface area contributed by atoms with Crippen molar-refractivity contribution in [1.82, 2.24) is 10.2 Å². The number of nitrogens with two attached hydrogens (primary N) is 1. The molecule has 1 aliphatic rings. The lowest BCUT2D eigenvalue weighted by Gasteiger charge is -2.25. The van der Waals surface area contributed by atoms with E-state index in [4.69, 9.17) is 5.73 Å². The van der Waals surface area contributed by atoms with E-state index in [1.807, 2.05) is 0 Å². The molecule has 1 saturated heterocycles. The molecule has 0 aliphatic carbocycles. The van der Waals surface area contributed by atoms with Crippen molar-refractivity contribution in [2.75, 3.05) is 19.6 Å². The van der Waals surface area contributed by atoms with E-state index in [1.54, 1.807) is 35.2 Å². The van der Waals surface area contributed by atoms with Crippen molar-refractivity contribution in [2.24, 2.45) is 5.73 Å². The van der Waals surface area contributed by atoms with Gasteiger partial charge in [-0.3, -0.25) is 9.69 Å². The Morgan fingerprint density at radius 2 is 1.77 bits per heavy atom. The molecule has 1 amide bonds. The molecule has 2 atom stereocenters. The number of amides is 1. The summed E-state index contributed by atoms with van der Waals surface area (Å²) >= 11 is 0. The number of carbonyl (C=O) groups excluding carboxylic acids is 1. The number of nitrogens with one attached hydrogen (secondary N) is 1. The molecule has 0 bridgehead atoms. The van der Waals surface area contributed by atoms with Crippen molar-refractivity contribution in [3.8, 4) is 0 Å². The van der Waals surface area contributed by atoms with Crippen LogP contribution in [0.1, 0.15) is 30.0 Å². The summed E-state index contributed by atoms with van der Waals surface area (Å²) in [6.07, 6.45) is -0.587. The summed E-state index contributed by atoms with van der Waals surface area (Å²) in [5.41, 5.74) is 6.55. The van der Waals surface area contributed by atoms with Gasteiger partial charge in [-0.15, -0.1) is 0 Å². The lowest BCUT2D eigenvalue weighted by Crippen LogP contribution is -2.40. The number of halogens is 5. The molecule has 3 rings (SSSR count). The predicted molar refractivity (Wildman–Crippen MR) is 106 cm³/mol. The summed E-state index contributed by atoms with van der Waals surface area (Å²) in [5.74, 6) is -6.63. The Morgan fingerprint density at radius 3 is 2.42 bits per heavy atom. The summed E-state index contributed by atoms with van der Waals surface area (Å²) in [7, 11) is 0. The van der Waals surface area contributed by atoms with E-state index in [9.17, 15) is 26.7 Å². The van der Waals surface area contributed by atoms with Gasteiger partial charge in [0.05, 0.1) is 12.6 Å². The van der Waals surface area contributed by atoms with Crippen LogP contribution in [0.5, 0.6) is 0 Å². The molecule has 0 saturated carbocycles. The average molecular weight is 441 g/mol. The number of hydrogen-bond acceptors (Lipinski definition) is 3. The SMILES string of the molecule is NC(CC(=O)NC(CN1CCC(F)(F)C1)c1ccccc1)Cc1cc(F)c(F)cc1F. The first kappa shape index (κ1) is 23.1. The topological polar surface area (TPSA) is 58.4 Å². The van der Waals surface area contributed by atoms with Crippen molar-refractivity contribution in [1.29, 1.82) is 0 Å². The molecule has 2 unspecified atom stereocenters. The third kappa shape index (κ3) is 6.48. The van der Waals surface area contributed by atoms with Crippen molar-refractivity contribution < 1.29 is 26.7 Å². The van der Waals surface area contributed by atoms with Crippen LogP contribution in [0, 0.1) is 17.5 Å². The minimum atomic E-state index is -2.75. The van der Waals surface area contributed by atoms with Crippen molar-refractivity contribution in [2.45, 2.75) is 37.3 Å². The highest BCUT2D eigenvalue weighted by molar-refractivity contribution is 5.77. The molecule has 1 heterocycles. The zero-order valence-corrected chi connectivity index (χ0v) is 16.8. The van der Waals surface area contributed by atoms with E-state index in [1.165, 1.54) is 0 Å². The highest BCUT2D eigenvalue weighted by Crippen LogP contribution is 2.28. The number of nitrogens with zero attached hydrogens (tertiary/aromatic N) is 1. The first-order valence-corrected chi connectivity index (χ1v) is 9.96. The van der Waals surface area contributed by atoms with E-state index >= 15 is 0 Å². The van der Waals surface area contributed by atoms with E-state index < -0.39 is 41.4 Å². The predicted octanol–water partition coefficient (Wildman–Crippen LogP) is 3.56. The van der Waals surface area contributed by atoms with Gasteiger partial charge < -0.3 is 11.1 Å². The van der Waals surface area contributed by atoms with E-state index in [0.717, 1.165) is 11.6 Å². The minimum Gasteiger partial charge on any atom is -0.348 e. The number of likely N-dealkylation sites (tertiary alicyclic amines) is 1. The van der Waals surface area contributed by atoms with Crippen LogP contribution >= 0.6 is 0 Å². The molecule has 3 N–H and O–H groups in total. The maximum atomic E-state index is 13.8. The zero-order valence-electron chi connectivity index (χ0n) is 16.8. The number of carbonyl (C=O) groups is 1. The molecular weight excluding hydrogens is 417 g/mol. The molecule has 2 aromatic carbocycles. The van der Waals surface area contributed by atoms with E-state index in [-0.39, 0.29) is 44.5 Å². The van der Waals surface area contributed by atoms with Crippen LogP contribution in [-0.2, 0) is 11.2 Å². The van der Waals surface area contributed by atoms with Gasteiger partial charge in [-0.05, 0) is 23.6 Å². The van der Waals surface area contributed by atoms with Crippen molar-refractivity contribution >= 4 is 5.91 Å². The van der Waals surface area contributed by atoms with Gasteiger partial charge >= 0.3 is 0 Å². The molecule has 0 aromatic heterocycles. The van der Waals surface area contributed by atoms with Crippen LogP contribution in [0.15, 0.2) is 42.5 Å². The zero-order chi connectivity index (χ0) is 22.6. The monoisotopic (exact) mass is 441 g/mol. The highest BCUT2D eigenvalue weighted by atomic mass is 19.3. The molecule has 31 heavy (non-hydrogen) atoms. The second-order valence-electron chi connectivity index (χ2n) is 7.90. The Morgan fingerprint density at radius 1 is 1.10 bits per heavy atom. The molecule has 0 radical (unpaired) electrons. The van der Waals surface area contributed by atoms with Gasteiger partial charge in [0.25, 0.3) is 5.92 Å². The summed E-state index contributed by atoms with van der Waals surface area (Å²) in [5, 5.41) is 2.81. The lowest BCUT2D eigenvalue weighted by atomic mass is 10.0. The van der Waals surface area contributed by atoms with Gasteiger partial charge in [-0.2, -0.15) is 0 Å². The molecule has 1 aliphatic heterocycles. The third-order valence-electron chi connectivity index (χ3n) is 5.25. The number of rotatable bonds is 8. The first-order valence-electron chi connectivity index (χ1n) is 9.96. The smallest absolute Gasteiger partial charge is 0.261 e. The largest absolute Gasteiger partial charge is 0.348 e. The van der Waals surface area contributed by atoms with E-state index in [0.29, 0.717) is 6.07 Å². The Balaban J connectivity index is 1.62. The number of hydrogen-bond donors (Lipinski definition) is 2. The molecule has 9 heteroatoms. The van der Waals surface area contributed by atoms with Gasteiger partial charge in [0.15, 0.2) is 11.6 Å². The summed E-state index contributed by atoms with van der Waals surface area (Å²) in [6.45, 7) is 0.0562. The fourth-order valence-corrected chi connectivity index (χ4v) is 3.71. The van der Waals surface area contributed by atoms with Crippen LogP contribution in [-0.4, -0.2) is 42.4 Å². The van der Waals surface area contributed by atoms with Gasteiger partial charge in [-0.1, -0.05) is 30.3 Å². The second-order valence-corrected chi connectivity index (χ2v) is 7.90. The quantitative estimate of drug-likeness (QED) is 0.487. The van der Waals surface area contributed by atoms with Crippen molar-refractivity contribution in [3.63, 3.8) is 0 Å². The van der Waals surface area contributed by atoms with Crippen LogP contribution in [0.2, 0.25) is 0 Å². The summed E-state index contributed by atoms with van der Waals surface area (Å²) < 4.78 is 67.3. The Labute approximate surface area is 177 Å². The van der Waals surface area contributed by atoms with Gasteiger partial charge in [-0.25, -0.2) is 22.0 Å². The molecule has 4 nitrogen and oxygen atoms in total. The minimum absolute atomic E-state index is 0.127. The van der Waals surface area contributed by atoms with Crippen LogP contribution in [0.3, 0.4) is 0 Å². The summed E-state index contributed by atoms with van der Waals surface area (Å²) in [6, 6.07) is 8.73. The fraction of sp³-hybridized carbons (Fsp3) is 0.409. The molecule has 1 fully saturated rings. The lowest BCUT2D eigenvalue weighted by molar-refractivity contribution is -0.122. The first-order chi connectivity index (χ1) is 14.6. The third-order valence-corrected chi connectivity index (χ3v) is 5.25. The van der Waals surface area contributed by atoms with Crippen LogP contribution < -0.4 is 11.1 Å². The Bertz CT molecular complexity index is 910. The standard InChI is InChI=1S/C22H24F5N3O/c23-17-11-19(25)18(24)9-15(17)8-16(28)10-21(31)29-20(14-4-2-1-3-5-14)12-30-7-6-22(26,27)13-30/h1-5,9,11,16,20H,6-8,10,12-13,28H2,(H,29,31). The average Bonchev–Trinajstić information content (AvgIpc) is 3.04. The molecule has 0 spiro atoms. The van der Waals surface area contributed by atoms with Gasteiger partial charge in [0.1, 0.15) is 5.82 Å². The Hall–Kier alpha value is -2.52. The van der Waals surface area contributed by atoms with Crippen molar-refractivity contribution in [3.05, 3.63) is 71.0 Å². The van der Waals surface area contributed by atoms with Crippen LogP contribution in [0.25, 0.3) is 0 Å². The normalized spacial score (nSPS) is 18.0. The van der Waals surface area contributed by atoms with Gasteiger partial charge in [0.2, 0.25) is 5.91 Å². The molecule has 168 valence electrons.